The van der Waals surface area contributed by atoms with Crippen LogP contribution < -0.4 is 0 Å². The molecule has 0 saturated heterocycles. The van der Waals surface area contributed by atoms with Crippen molar-refractivity contribution in [3.05, 3.63) is 23.0 Å². The molecule has 0 aliphatic carbocycles. The van der Waals surface area contributed by atoms with Crippen molar-refractivity contribution in [3.63, 3.8) is 0 Å². The van der Waals surface area contributed by atoms with Crippen LogP contribution in [-0.2, 0) is 6.42 Å². The summed E-state index contributed by atoms with van der Waals surface area (Å²) in [6.07, 6.45) is 1.89. The number of aryl methyl sites for hydroxylation is 2. The van der Waals surface area contributed by atoms with Gasteiger partial charge < -0.3 is 4.57 Å². The molecule has 1 heterocycles. The summed E-state index contributed by atoms with van der Waals surface area (Å²) in [6, 6.07) is 2.46. The summed E-state index contributed by atoms with van der Waals surface area (Å²) in [7, 11) is 0. The number of hydrogen-bond donors (Lipinski definition) is 0. The lowest BCUT2D eigenvalue weighted by Crippen LogP contribution is -2.07. The van der Waals surface area contributed by atoms with Crippen LogP contribution in [0.25, 0.3) is 0 Å². The predicted octanol–water partition coefficient (Wildman–Crippen LogP) is 2.75. The zero-order valence-corrected chi connectivity index (χ0v) is 8.79. The van der Waals surface area contributed by atoms with Gasteiger partial charge in [0.1, 0.15) is 0 Å². The standard InChI is InChI=1S/C11H17NO/c1-5-10-6-9(4)12(8(2)3)11(10)7-13/h6-8H,5H2,1-4H3. The molecule has 0 aromatic carbocycles. The highest BCUT2D eigenvalue weighted by molar-refractivity contribution is 5.75. The molecule has 0 saturated carbocycles. The van der Waals surface area contributed by atoms with Crippen molar-refractivity contribution >= 4 is 6.29 Å². The number of nitrogens with zero attached hydrogens (tertiary/aromatic N) is 1. The summed E-state index contributed by atoms with van der Waals surface area (Å²) in [6.45, 7) is 8.32. The van der Waals surface area contributed by atoms with Gasteiger partial charge in [-0.2, -0.15) is 0 Å². The Bertz CT molecular complexity index is 310. The first kappa shape index (κ1) is 10.0. The first-order chi connectivity index (χ1) is 6.11. The van der Waals surface area contributed by atoms with Crippen molar-refractivity contribution in [2.75, 3.05) is 0 Å². The van der Waals surface area contributed by atoms with E-state index >= 15 is 0 Å². The average molecular weight is 179 g/mol. The highest BCUT2D eigenvalue weighted by Gasteiger charge is 2.12. The Hall–Kier alpha value is -1.05. The molecule has 1 rings (SSSR count). The monoisotopic (exact) mass is 179 g/mol. The molecule has 0 aliphatic heterocycles. The fourth-order valence-corrected chi connectivity index (χ4v) is 1.84. The summed E-state index contributed by atoms with van der Waals surface area (Å²) in [5.41, 5.74) is 3.17. The van der Waals surface area contributed by atoms with E-state index in [1.54, 1.807) is 0 Å². The quantitative estimate of drug-likeness (QED) is 0.654. The minimum absolute atomic E-state index is 0.362. The average Bonchev–Trinajstić information content (AvgIpc) is 2.41. The Labute approximate surface area is 79.6 Å². The normalized spacial score (nSPS) is 10.8. The fraction of sp³-hybridized carbons (Fsp3) is 0.545. The van der Waals surface area contributed by atoms with Crippen LogP contribution >= 0.6 is 0 Å². The maximum atomic E-state index is 10.9. The van der Waals surface area contributed by atoms with E-state index in [2.05, 4.69) is 31.4 Å². The Balaban J connectivity index is 3.30. The molecule has 72 valence electrons. The van der Waals surface area contributed by atoms with Crippen molar-refractivity contribution in [2.24, 2.45) is 0 Å². The number of aromatic nitrogens is 1. The van der Waals surface area contributed by atoms with Gasteiger partial charge in [-0.05, 0) is 38.8 Å². The maximum Gasteiger partial charge on any atom is 0.166 e. The van der Waals surface area contributed by atoms with Crippen LogP contribution in [0.2, 0.25) is 0 Å². The number of rotatable bonds is 3. The molecule has 0 radical (unpaired) electrons. The minimum atomic E-state index is 0.362. The third-order valence-electron chi connectivity index (χ3n) is 2.36. The number of hydrogen-bond acceptors (Lipinski definition) is 1. The van der Waals surface area contributed by atoms with Gasteiger partial charge in [-0.3, -0.25) is 4.79 Å². The Kier molecular flexibility index (Phi) is 2.91. The second-order valence-corrected chi connectivity index (χ2v) is 3.63. The Morgan fingerprint density at radius 1 is 1.54 bits per heavy atom. The lowest BCUT2D eigenvalue weighted by atomic mass is 10.2. The van der Waals surface area contributed by atoms with E-state index in [0.717, 1.165) is 24.0 Å². The summed E-state index contributed by atoms with van der Waals surface area (Å²) in [5, 5.41) is 0. The predicted molar refractivity (Wildman–Crippen MR) is 54.3 cm³/mol. The van der Waals surface area contributed by atoms with Crippen molar-refractivity contribution in [2.45, 2.75) is 40.2 Å². The van der Waals surface area contributed by atoms with E-state index in [1.807, 2.05) is 6.92 Å². The molecule has 0 spiro atoms. The van der Waals surface area contributed by atoms with E-state index in [-0.39, 0.29) is 0 Å². The van der Waals surface area contributed by atoms with Gasteiger partial charge in [0.15, 0.2) is 6.29 Å². The topological polar surface area (TPSA) is 22.0 Å². The van der Waals surface area contributed by atoms with Gasteiger partial charge in [-0.1, -0.05) is 6.92 Å². The Morgan fingerprint density at radius 3 is 2.54 bits per heavy atom. The molecule has 0 bridgehead atoms. The molecule has 2 heteroatoms. The molecule has 0 unspecified atom stereocenters. The van der Waals surface area contributed by atoms with Gasteiger partial charge in [0, 0.05) is 11.7 Å². The summed E-state index contributed by atoms with van der Waals surface area (Å²) in [5.74, 6) is 0. The molecule has 0 atom stereocenters. The first-order valence-corrected chi connectivity index (χ1v) is 4.77. The van der Waals surface area contributed by atoms with E-state index in [4.69, 9.17) is 0 Å². The zero-order chi connectivity index (χ0) is 10.0. The second-order valence-electron chi connectivity index (χ2n) is 3.63. The van der Waals surface area contributed by atoms with E-state index < -0.39 is 0 Å². The van der Waals surface area contributed by atoms with Crippen molar-refractivity contribution in [1.29, 1.82) is 0 Å². The molecule has 1 aromatic rings. The summed E-state index contributed by atoms with van der Waals surface area (Å²) in [4.78, 5) is 10.9. The van der Waals surface area contributed by atoms with Crippen LogP contribution in [0, 0.1) is 6.92 Å². The number of aldehydes is 1. The van der Waals surface area contributed by atoms with E-state index in [1.165, 1.54) is 5.69 Å². The molecule has 0 fully saturated rings. The lowest BCUT2D eigenvalue weighted by molar-refractivity contribution is 0.111. The smallest absolute Gasteiger partial charge is 0.166 e. The molecule has 13 heavy (non-hydrogen) atoms. The van der Waals surface area contributed by atoms with Gasteiger partial charge in [0.05, 0.1) is 5.69 Å². The van der Waals surface area contributed by atoms with Gasteiger partial charge >= 0.3 is 0 Å². The van der Waals surface area contributed by atoms with Gasteiger partial charge in [0.2, 0.25) is 0 Å². The van der Waals surface area contributed by atoms with Crippen molar-refractivity contribution < 1.29 is 4.79 Å². The van der Waals surface area contributed by atoms with Crippen LogP contribution in [0.1, 0.15) is 48.6 Å². The third kappa shape index (κ3) is 1.67. The van der Waals surface area contributed by atoms with Gasteiger partial charge in [-0.15, -0.1) is 0 Å². The van der Waals surface area contributed by atoms with Crippen LogP contribution in [0.5, 0.6) is 0 Å². The number of carbonyl (C=O) groups is 1. The second kappa shape index (κ2) is 3.77. The lowest BCUT2D eigenvalue weighted by Gasteiger charge is -2.12. The van der Waals surface area contributed by atoms with Crippen LogP contribution in [0.15, 0.2) is 6.07 Å². The Morgan fingerprint density at radius 2 is 2.15 bits per heavy atom. The maximum absolute atomic E-state index is 10.9. The van der Waals surface area contributed by atoms with E-state index in [9.17, 15) is 4.79 Å². The van der Waals surface area contributed by atoms with Crippen LogP contribution in [-0.4, -0.2) is 10.9 Å². The van der Waals surface area contributed by atoms with Gasteiger partial charge in [-0.25, -0.2) is 0 Å². The molecule has 2 nitrogen and oxygen atoms in total. The molecule has 0 aliphatic rings. The molecule has 0 amide bonds. The minimum Gasteiger partial charge on any atom is -0.340 e. The highest BCUT2D eigenvalue weighted by Crippen LogP contribution is 2.19. The third-order valence-corrected chi connectivity index (χ3v) is 2.36. The molecular formula is C11H17NO. The fourth-order valence-electron chi connectivity index (χ4n) is 1.84. The molecule has 1 aromatic heterocycles. The first-order valence-electron chi connectivity index (χ1n) is 4.77. The molecule has 0 N–H and O–H groups in total. The number of carbonyl (C=O) groups excluding carboxylic acids is 1. The van der Waals surface area contributed by atoms with Crippen LogP contribution in [0.4, 0.5) is 0 Å². The highest BCUT2D eigenvalue weighted by atomic mass is 16.1. The molecular weight excluding hydrogens is 162 g/mol. The van der Waals surface area contributed by atoms with E-state index in [0.29, 0.717) is 6.04 Å². The summed E-state index contributed by atoms with van der Waals surface area (Å²) < 4.78 is 2.09. The largest absolute Gasteiger partial charge is 0.340 e. The van der Waals surface area contributed by atoms with Crippen molar-refractivity contribution in [3.8, 4) is 0 Å². The van der Waals surface area contributed by atoms with Crippen LogP contribution in [0.3, 0.4) is 0 Å². The summed E-state index contributed by atoms with van der Waals surface area (Å²) >= 11 is 0. The van der Waals surface area contributed by atoms with Gasteiger partial charge in [0.25, 0.3) is 0 Å². The zero-order valence-electron chi connectivity index (χ0n) is 8.79. The SMILES string of the molecule is CCc1cc(C)n(C(C)C)c1C=O. The van der Waals surface area contributed by atoms with Crippen molar-refractivity contribution in [1.82, 2.24) is 4.57 Å².